The normalized spacial score (nSPS) is 37.2. The molecular formula is C10H13NO2. The molecule has 1 saturated carbocycles. The van der Waals surface area contributed by atoms with E-state index in [9.17, 15) is 9.90 Å². The van der Waals surface area contributed by atoms with Crippen LogP contribution in [0, 0.1) is 24.2 Å². The lowest BCUT2D eigenvalue weighted by molar-refractivity contribution is -0.124. The number of amides is 1. The molecule has 2 rings (SSSR count). The first-order chi connectivity index (χ1) is 6.22. The van der Waals surface area contributed by atoms with Crippen molar-refractivity contribution in [3.05, 3.63) is 0 Å². The number of hydrogen-bond donors (Lipinski definition) is 1. The first kappa shape index (κ1) is 8.58. The van der Waals surface area contributed by atoms with Crippen LogP contribution < -0.4 is 0 Å². The van der Waals surface area contributed by atoms with Crippen LogP contribution >= 0.6 is 0 Å². The quantitative estimate of drug-likeness (QED) is 0.525. The second-order valence-corrected chi connectivity index (χ2v) is 3.92. The van der Waals surface area contributed by atoms with E-state index in [2.05, 4.69) is 5.92 Å². The molecule has 3 unspecified atom stereocenters. The summed E-state index contributed by atoms with van der Waals surface area (Å²) in [7, 11) is 0. The van der Waals surface area contributed by atoms with Gasteiger partial charge in [0.05, 0.1) is 6.10 Å². The number of aliphatic hydroxyl groups excluding tert-OH is 1. The summed E-state index contributed by atoms with van der Waals surface area (Å²) in [6.45, 7) is 1.39. The monoisotopic (exact) mass is 179 g/mol. The van der Waals surface area contributed by atoms with Crippen molar-refractivity contribution in [1.29, 1.82) is 0 Å². The van der Waals surface area contributed by atoms with Crippen LogP contribution in [0.15, 0.2) is 0 Å². The molecule has 0 aromatic rings. The van der Waals surface area contributed by atoms with Gasteiger partial charge in [-0.3, -0.25) is 4.79 Å². The van der Waals surface area contributed by atoms with Gasteiger partial charge in [0, 0.05) is 19.0 Å². The number of fused-ring (bicyclic) bond motifs is 1. The molecule has 3 nitrogen and oxygen atoms in total. The minimum absolute atomic E-state index is 0.222. The number of hydrogen-bond acceptors (Lipinski definition) is 2. The molecule has 0 bridgehead atoms. The highest BCUT2D eigenvalue weighted by molar-refractivity contribution is 5.93. The number of carbonyl (C=O) groups excluding carboxylic acids is 1. The Kier molecular flexibility index (Phi) is 2.01. The summed E-state index contributed by atoms with van der Waals surface area (Å²) in [4.78, 5) is 12.8. The predicted octanol–water partition coefficient (Wildman–Crippen LogP) is -0.151. The lowest BCUT2D eigenvalue weighted by Gasteiger charge is -2.14. The molecule has 1 saturated heterocycles. The van der Waals surface area contributed by atoms with Gasteiger partial charge in [0.15, 0.2) is 0 Å². The second kappa shape index (κ2) is 3.04. The van der Waals surface area contributed by atoms with Gasteiger partial charge in [0.2, 0.25) is 0 Å². The highest BCUT2D eigenvalue weighted by Gasteiger charge is 2.42. The molecule has 70 valence electrons. The first-order valence-electron chi connectivity index (χ1n) is 4.66. The molecule has 3 atom stereocenters. The molecule has 1 aliphatic carbocycles. The largest absolute Gasteiger partial charge is 0.393 e. The maximum Gasteiger partial charge on any atom is 0.298 e. The van der Waals surface area contributed by atoms with E-state index in [1.807, 2.05) is 0 Å². The summed E-state index contributed by atoms with van der Waals surface area (Å²) < 4.78 is 0. The van der Waals surface area contributed by atoms with Crippen molar-refractivity contribution >= 4 is 5.91 Å². The lowest BCUT2D eigenvalue weighted by Crippen LogP contribution is -2.29. The van der Waals surface area contributed by atoms with Gasteiger partial charge in [-0.2, -0.15) is 0 Å². The average molecular weight is 179 g/mol. The van der Waals surface area contributed by atoms with Crippen LogP contribution in [0.1, 0.15) is 12.8 Å². The molecule has 0 aromatic carbocycles. The summed E-state index contributed by atoms with van der Waals surface area (Å²) in [5.41, 5.74) is 0. The van der Waals surface area contributed by atoms with Gasteiger partial charge in [0.25, 0.3) is 5.91 Å². The molecule has 0 aromatic heterocycles. The van der Waals surface area contributed by atoms with Crippen molar-refractivity contribution < 1.29 is 9.90 Å². The summed E-state index contributed by atoms with van der Waals surface area (Å²) in [6.07, 6.45) is 6.72. The Labute approximate surface area is 77.7 Å². The van der Waals surface area contributed by atoms with Crippen molar-refractivity contribution in [1.82, 2.24) is 4.90 Å². The fourth-order valence-corrected chi connectivity index (χ4v) is 2.49. The second-order valence-electron chi connectivity index (χ2n) is 3.92. The lowest BCUT2D eigenvalue weighted by atomic mass is 10.00. The number of likely N-dealkylation sites (tertiary alicyclic amines) is 1. The molecule has 3 heteroatoms. The van der Waals surface area contributed by atoms with Crippen LogP contribution in [-0.4, -0.2) is 35.1 Å². The summed E-state index contributed by atoms with van der Waals surface area (Å²) in [6, 6.07) is 0. The maximum absolute atomic E-state index is 11.2. The predicted molar refractivity (Wildman–Crippen MR) is 47.6 cm³/mol. The summed E-state index contributed by atoms with van der Waals surface area (Å²) >= 11 is 0. The Hall–Kier alpha value is -1.01. The molecule has 1 heterocycles. The Morgan fingerprint density at radius 2 is 2.23 bits per heavy atom. The molecule has 1 amide bonds. The smallest absolute Gasteiger partial charge is 0.298 e. The number of terminal acetylenes is 1. The van der Waals surface area contributed by atoms with E-state index in [-0.39, 0.29) is 17.9 Å². The van der Waals surface area contributed by atoms with Crippen molar-refractivity contribution in [3.8, 4) is 12.3 Å². The minimum Gasteiger partial charge on any atom is -0.393 e. The Bertz CT molecular complexity index is 269. The van der Waals surface area contributed by atoms with E-state index in [1.54, 1.807) is 4.90 Å². The van der Waals surface area contributed by atoms with Gasteiger partial charge in [-0.15, -0.1) is 6.42 Å². The SMILES string of the molecule is C#CC(=O)N1CC2CCC(O)C2C1. The van der Waals surface area contributed by atoms with Crippen molar-refractivity contribution in [2.24, 2.45) is 11.8 Å². The third kappa shape index (κ3) is 1.31. The van der Waals surface area contributed by atoms with E-state index in [4.69, 9.17) is 6.42 Å². The van der Waals surface area contributed by atoms with Crippen LogP contribution in [0.3, 0.4) is 0 Å². The van der Waals surface area contributed by atoms with Crippen LogP contribution in [0.5, 0.6) is 0 Å². The van der Waals surface area contributed by atoms with Crippen LogP contribution in [-0.2, 0) is 4.79 Å². The Balaban J connectivity index is 2.03. The zero-order chi connectivity index (χ0) is 9.42. The zero-order valence-corrected chi connectivity index (χ0v) is 7.44. The fraction of sp³-hybridized carbons (Fsp3) is 0.700. The zero-order valence-electron chi connectivity index (χ0n) is 7.44. The molecule has 13 heavy (non-hydrogen) atoms. The minimum atomic E-state index is -0.235. The molecule has 1 N–H and O–H groups in total. The van der Waals surface area contributed by atoms with Crippen LogP contribution in [0.25, 0.3) is 0 Å². The van der Waals surface area contributed by atoms with Gasteiger partial charge in [-0.1, -0.05) is 0 Å². The molecule has 2 aliphatic rings. The van der Waals surface area contributed by atoms with E-state index in [1.165, 1.54) is 0 Å². The van der Waals surface area contributed by atoms with E-state index < -0.39 is 0 Å². The Morgan fingerprint density at radius 3 is 2.85 bits per heavy atom. The maximum atomic E-state index is 11.2. The highest BCUT2D eigenvalue weighted by Crippen LogP contribution is 2.37. The average Bonchev–Trinajstić information content (AvgIpc) is 2.67. The number of rotatable bonds is 0. The third-order valence-corrected chi connectivity index (χ3v) is 3.23. The van der Waals surface area contributed by atoms with Crippen LogP contribution in [0.4, 0.5) is 0 Å². The Morgan fingerprint density at radius 1 is 1.46 bits per heavy atom. The molecule has 2 fully saturated rings. The van der Waals surface area contributed by atoms with Gasteiger partial charge < -0.3 is 10.0 Å². The first-order valence-corrected chi connectivity index (χ1v) is 4.66. The molecule has 0 spiro atoms. The topological polar surface area (TPSA) is 40.5 Å². The van der Waals surface area contributed by atoms with Crippen molar-refractivity contribution in [2.45, 2.75) is 18.9 Å². The van der Waals surface area contributed by atoms with Crippen molar-refractivity contribution in [3.63, 3.8) is 0 Å². The van der Waals surface area contributed by atoms with Gasteiger partial charge >= 0.3 is 0 Å². The number of nitrogens with zero attached hydrogens (tertiary/aromatic N) is 1. The summed E-state index contributed by atoms with van der Waals surface area (Å²) in [5, 5.41) is 9.58. The summed E-state index contributed by atoms with van der Waals surface area (Å²) in [5.74, 6) is 2.64. The number of carbonyl (C=O) groups is 1. The van der Waals surface area contributed by atoms with E-state index in [0.717, 1.165) is 19.4 Å². The van der Waals surface area contributed by atoms with E-state index >= 15 is 0 Å². The van der Waals surface area contributed by atoms with Crippen LogP contribution in [0.2, 0.25) is 0 Å². The third-order valence-electron chi connectivity index (χ3n) is 3.23. The van der Waals surface area contributed by atoms with Gasteiger partial charge in [0.1, 0.15) is 0 Å². The van der Waals surface area contributed by atoms with Crippen molar-refractivity contribution in [2.75, 3.05) is 13.1 Å². The number of aliphatic hydroxyl groups is 1. The fourth-order valence-electron chi connectivity index (χ4n) is 2.49. The molecule has 0 radical (unpaired) electrons. The van der Waals surface area contributed by atoms with Gasteiger partial charge in [-0.05, 0) is 24.7 Å². The van der Waals surface area contributed by atoms with E-state index in [0.29, 0.717) is 12.5 Å². The standard InChI is InChI=1S/C10H13NO2/c1-2-10(13)11-5-7-3-4-9(12)8(7)6-11/h1,7-9,12H,3-6H2. The van der Waals surface area contributed by atoms with Gasteiger partial charge in [-0.25, -0.2) is 0 Å². The molecular weight excluding hydrogens is 166 g/mol. The highest BCUT2D eigenvalue weighted by atomic mass is 16.3. The molecule has 1 aliphatic heterocycles.